The Hall–Kier alpha value is -4.03. The molecule has 254 valence electrons. The van der Waals surface area contributed by atoms with Crippen LogP contribution in [0.1, 0.15) is 64.2 Å². The fourth-order valence-corrected chi connectivity index (χ4v) is 5.14. The van der Waals surface area contributed by atoms with E-state index < -0.39 is 12.1 Å². The smallest absolute Gasteiger partial charge is 0.323 e. The second kappa shape index (κ2) is 17.6. The van der Waals surface area contributed by atoms with Crippen LogP contribution < -0.4 is 25.4 Å². The molecule has 1 aliphatic rings. The Balaban J connectivity index is 1.90. The number of nitrogens with one attached hydrogen (secondary N) is 3. The summed E-state index contributed by atoms with van der Waals surface area (Å²) in [5.74, 6) is 0.533. The predicted molar refractivity (Wildman–Crippen MR) is 179 cm³/mol. The van der Waals surface area contributed by atoms with Crippen LogP contribution in [0, 0.1) is 5.92 Å². The first-order chi connectivity index (χ1) is 21.9. The number of hydrogen-bond acceptors (Lipinski definition) is 7. The minimum Gasteiger partial charge on any atom is -0.497 e. The van der Waals surface area contributed by atoms with Gasteiger partial charge >= 0.3 is 12.1 Å². The second-order valence-electron chi connectivity index (χ2n) is 12.3. The van der Waals surface area contributed by atoms with Crippen molar-refractivity contribution >= 4 is 29.3 Å². The van der Waals surface area contributed by atoms with Crippen LogP contribution in [0.3, 0.4) is 0 Å². The van der Waals surface area contributed by atoms with E-state index in [1.807, 2.05) is 27.7 Å². The lowest BCUT2D eigenvalue weighted by atomic mass is 10.0. The van der Waals surface area contributed by atoms with E-state index in [-0.39, 0.29) is 54.8 Å². The fraction of sp³-hybridized carbons (Fsp3) is 0.559. The lowest BCUT2D eigenvalue weighted by Crippen LogP contribution is -2.49. The summed E-state index contributed by atoms with van der Waals surface area (Å²) in [6.07, 6.45) is 1.88. The Kier molecular flexibility index (Phi) is 13.9. The Morgan fingerprint density at radius 3 is 2.39 bits per heavy atom. The molecule has 2 aromatic carbocycles. The number of fused-ring (bicyclic) bond motifs is 1. The number of carbonyl (C=O) groups excluding carboxylic acids is 3. The van der Waals surface area contributed by atoms with Gasteiger partial charge in [-0.1, -0.05) is 6.92 Å². The van der Waals surface area contributed by atoms with Gasteiger partial charge in [-0.2, -0.15) is 0 Å². The van der Waals surface area contributed by atoms with Gasteiger partial charge in [0.2, 0.25) is 0 Å². The van der Waals surface area contributed by atoms with Crippen LogP contribution in [-0.4, -0.2) is 97.6 Å². The van der Waals surface area contributed by atoms with E-state index in [1.54, 1.807) is 73.3 Å². The number of likely N-dealkylation sites (N-methyl/N-ethyl adjacent to an activating group) is 1. The van der Waals surface area contributed by atoms with E-state index in [2.05, 4.69) is 16.0 Å². The van der Waals surface area contributed by atoms with Crippen molar-refractivity contribution < 1.29 is 33.7 Å². The molecule has 0 aromatic heterocycles. The number of ether oxygens (including phenoxy) is 3. The van der Waals surface area contributed by atoms with E-state index in [0.29, 0.717) is 36.0 Å². The first-order valence-corrected chi connectivity index (χ1v) is 16.0. The Labute approximate surface area is 272 Å². The number of aliphatic hydroxyl groups is 1. The molecule has 0 unspecified atom stereocenters. The van der Waals surface area contributed by atoms with Gasteiger partial charge in [-0.05, 0) is 89.4 Å². The molecule has 0 aliphatic carbocycles. The molecule has 5 amide bonds. The molecule has 46 heavy (non-hydrogen) atoms. The van der Waals surface area contributed by atoms with Crippen molar-refractivity contribution in [2.45, 2.75) is 78.2 Å². The molecule has 4 N–H and O–H groups in total. The Bertz CT molecular complexity index is 1290. The molecule has 0 fully saturated rings. The molecule has 0 spiro atoms. The highest BCUT2D eigenvalue weighted by Crippen LogP contribution is 2.29. The van der Waals surface area contributed by atoms with Gasteiger partial charge in [-0.25, -0.2) is 9.59 Å². The maximum atomic E-state index is 14.3. The molecule has 0 bridgehead atoms. The highest BCUT2D eigenvalue weighted by molar-refractivity contribution is 6.02. The number of rotatable bonds is 8. The minimum atomic E-state index is -0.522. The number of benzene rings is 2. The predicted octanol–water partition coefficient (Wildman–Crippen LogP) is 5.18. The number of anilines is 2. The lowest BCUT2D eigenvalue weighted by molar-refractivity contribution is -0.0122. The average molecular weight is 642 g/mol. The third-order valence-corrected chi connectivity index (χ3v) is 7.87. The van der Waals surface area contributed by atoms with E-state index >= 15 is 0 Å². The molecular weight excluding hydrogens is 590 g/mol. The van der Waals surface area contributed by atoms with E-state index in [9.17, 15) is 19.5 Å². The summed E-state index contributed by atoms with van der Waals surface area (Å²) >= 11 is 0. The van der Waals surface area contributed by atoms with Crippen molar-refractivity contribution in [3.63, 3.8) is 0 Å². The normalized spacial score (nSPS) is 20.1. The molecule has 0 radical (unpaired) electrons. The summed E-state index contributed by atoms with van der Waals surface area (Å²) in [7, 11) is 3.30. The van der Waals surface area contributed by atoms with Crippen LogP contribution in [0.15, 0.2) is 42.5 Å². The highest BCUT2D eigenvalue weighted by atomic mass is 16.5. The summed E-state index contributed by atoms with van der Waals surface area (Å²) in [6.45, 7) is 10.4. The van der Waals surface area contributed by atoms with Gasteiger partial charge < -0.3 is 45.1 Å². The summed E-state index contributed by atoms with van der Waals surface area (Å²) in [5.41, 5.74) is 1.24. The van der Waals surface area contributed by atoms with Gasteiger partial charge in [0.05, 0.1) is 37.5 Å². The zero-order chi connectivity index (χ0) is 33.8. The van der Waals surface area contributed by atoms with E-state index in [0.717, 1.165) is 19.3 Å². The topological polar surface area (TPSA) is 142 Å². The second-order valence-corrected chi connectivity index (χ2v) is 12.3. The first kappa shape index (κ1) is 36.4. The third kappa shape index (κ3) is 10.8. The van der Waals surface area contributed by atoms with Crippen molar-refractivity contribution in [3.8, 4) is 11.5 Å². The molecule has 0 saturated heterocycles. The summed E-state index contributed by atoms with van der Waals surface area (Å²) < 4.78 is 17.8. The summed E-state index contributed by atoms with van der Waals surface area (Å²) in [4.78, 5) is 43.0. The van der Waals surface area contributed by atoms with Gasteiger partial charge in [0, 0.05) is 50.1 Å². The van der Waals surface area contributed by atoms with Crippen molar-refractivity contribution in [3.05, 3.63) is 48.0 Å². The molecule has 12 nitrogen and oxygen atoms in total. The van der Waals surface area contributed by atoms with Crippen molar-refractivity contribution in [1.82, 2.24) is 15.1 Å². The number of hydrogen-bond donors (Lipinski definition) is 4. The van der Waals surface area contributed by atoms with Crippen LogP contribution in [0.25, 0.3) is 0 Å². The maximum Gasteiger partial charge on any atom is 0.323 e. The number of amides is 5. The van der Waals surface area contributed by atoms with Gasteiger partial charge in [0.15, 0.2) is 0 Å². The zero-order valence-corrected chi connectivity index (χ0v) is 28.2. The monoisotopic (exact) mass is 641 g/mol. The van der Waals surface area contributed by atoms with E-state index in [1.165, 1.54) is 0 Å². The molecule has 0 saturated carbocycles. The highest BCUT2D eigenvalue weighted by Gasteiger charge is 2.31. The van der Waals surface area contributed by atoms with Crippen LogP contribution in [0.2, 0.25) is 0 Å². The zero-order valence-electron chi connectivity index (χ0n) is 28.2. The number of aliphatic hydroxyl groups excluding tert-OH is 1. The quantitative estimate of drug-likeness (QED) is 0.311. The summed E-state index contributed by atoms with van der Waals surface area (Å²) in [5, 5.41) is 18.7. The van der Waals surface area contributed by atoms with Crippen molar-refractivity contribution in [2.75, 3.05) is 51.1 Å². The van der Waals surface area contributed by atoms with Gasteiger partial charge in [-0.15, -0.1) is 0 Å². The molecule has 4 atom stereocenters. The number of urea groups is 2. The van der Waals surface area contributed by atoms with Crippen LogP contribution in [0.5, 0.6) is 11.5 Å². The number of methoxy groups -OCH3 is 1. The van der Waals surface area contributed by atoms with Crippen LogP contribution in [-0.2, 0) is 4.74 Å². The van der Waals surface area contributed by atoms with Crippen molar-refractivity contribution in [2.24, 2.45) is 5.92 Å². The molecule has 12 heteroatoms. The third-order valence-electron chi connectivity index (χ3n) is 7.87. The van der Waals surface area contributed by atoms with Crippen molar-refractivity contribution in [1.29, 1.82) is 0 Å². The van der Waals surface area contributed by atoms with E-state index in [4.69, 9.17) is 14.2 Å². The Morgan fingerprint density at radius 1 is 1.07 bits per heavy atom. The molecule has 2 aromatic rings. The van der Waals surface area contributed by atoms with Gasteiger partial charge in [0.1, 0.15) is 11.5 Å². The molecule has 1 heterocycles. The number of carbonyl (C=O) groups is 3. The average Bonchev–Trinajstić information content (AvgIpc) is 3.02. The fourth-order valence-electron chi connectivity index (χ4n) is 5.14. The van der Waals surface area contributed by atoms with Gasteiger partial charge in [0.25, 0.3) is 5.91 Å². The van der Waals surface area contributed by atoms with Crippen LogP contribution in [0.4, 0.5) is 21.0 Å². The largest absolute Gasteiger partial charge is 0.497 e. The first-order valence-electron chi connectivity index (χ1n) is 16.0. The van der Waals surface area contributed by atoms with Gasteiger partial charge in [-0.3, -0.25) is 4.79 Å². The minimum absolute atomic E-state index is 0.00650. The molecular formula is C34H51N5O7. The Morgan fingerprint density at radius 2 is 1.74 bits per heavy atom. The standard InChI is InChI=1S/C34H51N5O7/c1-22(2)35-34(43)38(6)20-31-23(3)19-39(24(4)21-40)32(41)29-18-27(13-16-30(29)46-25(5)10-8-9-17-45-31)37-33(42)36-26-11-14-28(44-7)15-12-26/h11-16,18,22-25,31,40H,8-10,17,19-21H2,1-7H3,(H,35,43)(H2,36,37,42)/t23-,24+,25+,31-/m0/s1. The summed E-state index contributed by atoms with van der Waals surface area (Å²) in [6, 6.07) is 10.7. The maximum absolute atomic E-state index is 14.3. The lowest BCUT2D eigenvalue weighted by Gasteiger charge is -2.36. The number of nitrogens with zero attached hydrogens (tertiary/aromatic N) is 2. The SMILES string of the molecule is COc1ccc(NC(=O)Nc2ccc3c(c2)C(=O)N([C@H](C)CO)C[C@H](C)[C@H](CN(C)C(=O)NC(C)C)OCCCC[C@@H](C)O3)cc1. The molecule has 1 aliphatic heterocycles. The molecule has 3 rings (SSSR count). The van der Waals surface area contributed by atoms with Crippen LogP contribution >= 0.6 is 0 Å².